The second-order valence-electron chi connectivity index (χ2n) is 4.73. The summed E-state index contributed by atoms with van der Waals surface area (Å²) in [6.07, 6.45) is 0.913. The third kappa shape index (κ3) is 4.37. The summed E-state index contributed by atoms with van der Waals surface area (Å²) in [6.45, 7) is 5.48. The Morgan fingerprint density at radius 3 is 2.72 bits per heavy atom. The van der Waals surface area contributed by atoms with E-state index >= 15 is 0 Å². The molecule has 3 N–H and O–H groups in total. The van der Waals surface area contributed by atoms with Crippen molar-refractivity contribution >= 4 is 5.97 Å². The molecular formula is C14H21NO3. The molecule has 0 heterocycles. The summed E-state index contributed by atoms with van der Waals surface area (Å²) in [5, 5.41) is 8.89. The third-order valence-corrected chi connectivity index (χ3v) is 3.03. The van der Waals surface area contributed by atoms with Gasteiger partial charge in [0.1, 0.15) is 5.75 Å². The van der Waals surface area contributed by atoms with Crippen LogP contribution in [0.3, 0.4) is 0 Å². The molecule has 0 saturated heterocycles. The van der Waals surface area contributed by atoms with Gasteiger partial charge < -0.3 is 15.6 Å². The predicted octanol–water partition coefficient (Wildman–Crippen LogP) is 2.38. The maximum atomic E-state index is 10.8. The molecule has 0 aliphatic carbocycles. The fourth-order valence-electron chi connectivity index (χ4n) is 1.75. The molecule has 1 aromatic carbocycles. The number of hydrogen-bond acceptors (Lipinski definition) is 3. The van der Waals surface area contributed by atoms with Crippen LogP contribution in [0.2, 0.25) is 0 Å². The van der Waals surface area contributed by atoms with E-state index in [0.717, 1.165) is 6.42 Å². The predicted molar refractivity (Wildman–Crippen MR) is 70.9 cm³/mol. The quantitative estimate of drug-likeness (QED) is 0.780. The van der Waals surface area contributed by atoms with Crippen LogP contribution in [0.25, 0.3) is 0 Å². The van der Waals surface area contributed by atoms with Crippen molar-refractivity contribution in [3.8, 4) is 5.75 Å². The lowest BCUT2D eigenvalue weighted by atomic mass is 9.93. The molecule has 0 aromatic heterocycles. The van der Waals surface area contributed by atoms with Gasteiger partial charge in [-0.2, -0.15) is 0 Å². The van der Waals surface area contributed by atoms with Crippen LogP contribution in [-0.4, -0.2) is 24.2 Å². The summed E-state index contributed by atoms with van der Waals surface area (Å²) in [7, 11) is 0. The summed E-state index contributed by atoms with van der Waals surface area (Å²) >= 11 is 0. The highest BCUT2D eigenvalue weighted by Gasteiger charge is 2.13. The molecule has 0 bridgehead atoms. The number of carboxylic acids is 1. The van der Waals surface area contributed by atoms with Gasteiger partial charge in [0.25, 0.3) is 0 Å². The third-order valence-electron chi connectivity index (χ3n) is 3.03. The Bertz CT molecular complexity index is 390. The van der Waals surface area contributed by atoms with Crippen molar-refractivity contribution in [3.63, 3.8) is 0 Å². The monoisotopic (exact) mass is 251 g/mol. The van der Waals surface area contributed by atoms with Crippen molar-refractivity contribution in [3.05, 3.63) is 29.8 Å². The second kappa shape index (κ2) is 7.01. The Morgan fingerprint density at radius 1 is 1.44 bits per heavy atom. The molecule has 0 amide bonds. The molecule has 0 saturated carbocycles. The Kier molecular flexibility index (Phi) is 5.65. The summed E-state index contributed by atoms with van der Waals surface area (Å²) in [5.74, 6) is 0.542. The standard InChI is InChI=1S/C14H21NO3/c1-10(2)12(6-7-15)9-18-13-5-3-4-11(8-13)14(16)17/h3-5,8,10,12H,6-7,9,15H2,1-2H3,(H,16,17)/t12-/m0/s1. The Hall–Kier alpha value is -1.55. The van der Waals surface area contributed by atoms with Crippen molar-refractivity contribution < 1.29 is 14.6 Å². The second-order valence-corrected chi connectivity index (χ2v) is 4.73. The zero-order valence-corrected chi connectivity index (χ0v) is 10.9. The number of aromatic carboxylic acids is 1. The molecule has 0 spiro atoms. The van der Waals surface area contributed by atoms with E-state index in [1.807, 2.05) is 0 Å². The molecule has 100 valence electrons. The minimum atomic E-state index is -0.942. The van der Waals surface area contributed by atoms with Crippen LogP contribution >= 0.6 is 0 Å². The van der Waals surface area contributed by atoms with Crippen molar-refractivity contribution in [1.29, 1.82) is 0 Å². The van der Waals surface area contributed by atoms with E-state index in [-0.39, 0.29) is 5.56 Å². The van der Waals surface area contributed by atoms with Gasteiger partial charge in [-0.25, -0.2) is 4.79 Å². The fourth-order valence-corrected chi connectivity index (χ4v) is 1.75. The van der Waals surface area contributed by atoms with Gasteiger partial charge in [0, 0.05) is 0 Å². The van der Waals surface area contributed by atoms with E-state index < -0.39 is 5.97 Å². The van der Waals surface area contributed by atoms with Crippen LogP contribution in [0.5, 0.6) is 5.75 Å². The number of rotatable bonds is 7. The van der Waals surface area contributed by atoms with Crippen LogP contribution in [0.15, 0.2) is 24.3 Å². The average molecular weight is 251 g/mol. The van der Waals surface area contributed by atoms with Gasteiger partial charge in [-0.15, -0.1) is 0 Å². The SMILES string of the molecule is CC(C)[C@@H](CCN)COc1cccc(C(=O)O)c1. The van der Waals surface area contributed by atoms with Crippen molar-refractivity contribution in [2.75, 3.05) is 13.2 Å². The summed E-state index contributed by atoms with van der Waals surface area (Å²) in [4.78, 5) is 10.8. The molecular weight excluding hydrogens is 230 g/mol. The zero-order valence-electron chi connectivity index (χ0n) is 10.9. The van der Waals surface area contributed by atoms with Gasteiger partial charge in [-0.3, -0.25) is 0 Å². The summed E-state index contributed by atoms with van der Waals surface area (Å²) in [5.41, 5.74) is 5.81. The van der Waals surface area contributed by atoms with Gasteiger partial charge in [0.15, 0.2) is 0 Å². The van der Waals surface area contributed by atoms with Gasteiger partial charge in [-0.1, -0.05) is 19.9 Å². The Labute approximate surface area is 108 Å². The Morgan fingerprint density at radius 2 is 2.17 bits per heavy atom. The zero-order chi connectivity index (χ0) is 13.5. The lowest BCUT2D eigenvalue weighted by Crippen LogP contribution is -2.21. The van der Waals surface area contributed by atoms with E-state index in [0.29, 0.717) is 30.7 Å². The molecule has 1 rings (SSSR count). The smallest absolute Gasteiger partial charge is 0.335 e. The number of carbonyl (C=O) groups is 1. The molecule has 0 aliphatic heterocycles. The van der Waals surface area contributed by atoms with Crippen LogP contribution in [-0.2, 0) is 0 Å². The lowest BCUT2D eigenvalue weighted by Gasteiger charge is -2.20. The molecule has 0 radical (unpaired) electrons. The first-order chi connectivity index (χ1) is 8.54. The van der Waals surface area contributed by atoms with Crippen molar-refractivity contribution in [2.24, 2.45) is 17.6 Å². The molecule has 18 heavy (non-hydrogen) atoms. The van der Waals surface area contributed by atoms with Crippen molar-refractivity contribution in [1.82, 2.24) is 0 Å². The van der Waals surface area contributed by atoms with Gasteiger partial charge in [0.05, 0.1) is 12.2 Å². The number of hydrogen-bond donors (Lipinski definition) is 2. The van der Waals surface area contributed by atoms with Gasteiger partial charge in [0.2, 0.25) is 0 Å². The van der Waals surface area contributed by atoms with Crippen LogP contribution in [0, 0.1) is 11.8 Å². The summed E-state index contributed by atoms with van der Waals surface area (Å²) in [6, 6.07) is 6.55. The minimum absolute atomic E-state index is 0.243. The fraction of sp³-hybridized carbons (Fsp3) is 0.500. The first-order valence-corrected chi connectivity index (χ1v) is 6.20. The molecule has 0 fully saturated rings. The topological polar surface area (TPSA) is 72.5 Å². The molecule has 0 aliphatic rings. The molecule has 1 aromatic rings. The first kappa shape index (κ1) is 14.5. The highest BCUT2D eigenvalue weighted by molar-refractivity contribution is 5.87. The van der Waals surface area contributed by atoms with Crippen molar-refractivity contribution in [2.45, 2.75) is 20.3 Å². The lowest BCUT2D eigenvalue weighted by molar-refractivity contribution is 0.0696. The number of carboxylic acid groups (broad SMARTS) is 1. The largest absolute Gasteiger partial charge is 0.493 e. The number of ether oxygens (including phenoxy) is 1. The van der Waals surface area contributed by atoms with E-state index in [1.165, 1.54) is 0 Å². The minimum Gasteiger partial charge on any atom is -0.493 e. The molecule has 4 nitrogen and oxygen atoms in total. The van der Waals surface area contributed by atoms with E-state index in [1.54, 1.807) is 24.3 Å². The van der Waals surface area contributed by atoms with Gasteiger partial charge in [-0.05, 0) is 43.0 Å². The average Bonchev–Trinajstić information content (AvgIpc) is 2.34. The number of benzene rings is 1. The van der Waals surface area contributed by atoms with Crippen LogP contribution in [0.1, 0.15) is 30.6 Å². The maximum Gasteiger partial charge on any atom is 0.335 e. The molecule has 0 unspecified atom stereocenters. The summed E-state index contributed by atoms with van der Waals surface area (Å²) < 4.78 is 5.65. The Balaban J connectivity index is 2.61. The first-order valence-electron chi connectivity index (χ1n) is 6.20. The van der Waals surface area contributed by atoms with Crippen LogP contribution < -0.4 is 10.5 Å². The number of nitrogens with two attached hydrogens (primary N) is 1. The highest BCUT2D eigenvalue weighted by atomic mass is 16.5. The van der Waals surface area contributed by atoms with Gasteiger partial charge >= 0.3 is 5.97 Å². The molecule has 4 heteroatoms. The molecule has 1 atom stereocenters. The van der Waals surface area contributed by atoms with E-state index in [4.69, 9.17) is 15.6 Å². The maximum absolute atomic E-state index is 10.8. The van der Waals surface area contributed by atoms with E-state index in [9.17, 15) is 4.79 Å². The normalized spacial score (nSPS) is 12.4. The highest BCUT2D eigenvalue weighted by Crippen LogP contribution is 2.19. The van der Waals surface area contributed by atoms with E-state index in [2.05, 4.69) is 13.8 Å². The van der Waals surface area contributed by atoms with Crippen LogP contribution in [0.4, 0.5) is 0 Å².